The molecule has 0 radical (unpaired) electrons. The van der Waals surface area contributed by atoms with Crippen molar-refractivity contribution in [1.82, 2.24) is 4.90 Å². The first kappa shape index (κ1) is 12.4. The van der Waals surface area contributed by atoms with Gasteiger partial charge in [0.25, 0.3) is 0 Å². The Morgan fingerprint density at radius 2 is 2.05 bits per heavy atom. The minimum absolute atomic E-state index is 0.0609. The van der Waals surface area contributed by atoms with Crippen LogP contribution < -0.4 is 5.32 Å². The summed E-state index contributed by atoms with van der Waals surface area (Å²) in [4.78, 5) is 14.1. The zero-order valence-electron chi connectivity index (χ0n) is 10.6. The van der Waals surface area contributed by atoms with Crippen molar-refractivity contribution >= 4 is 11.8 Å². The number of carbonyl (C=O) groups excluding carboxylic acids is 1. The summed E-state index contributed by atoms with van der Waals surface area (Å²) in [6.45, 7) is 2.99. The van der Waals surface area contributed by atoms with Gasteiger partial charge < -0.3 is 4.74 Å². The van der Waals surface area contributed by atoms with Crippen LogP contribution >= 0.6 is 0 Å². The summed E-state index contributed by atoms with van der Waals surface area (Å²) < 4.78 is 18.8. The average Bonchev–Trinajstić information content (AvgIpc) is 2.43. The van der Waals surface area contributed by atoms with Crippen LogP contribution in [0.1, 0.15) is 12.8 Å². The van der Waals surface area contributed by atoms with Crippen LogP contribution in [0.15, 0.2) is 24.3 Å². The molecule has 1 N–H and O–H groups in total. The zero-order chi connectivity index (χ0) is 13.2. The normalized spacial score (nSPS) is 29.0. The van der Waals surface area contributed by atoms with Crippen molar-refractivity contribution in [2.75, 3.05) is 25.0 Å². The van der Waals surface area contributed by atoms with Gasteiger partial charge >= 0.3 is 6.09 Å². The summed E-state index contributed by atoms with van der Waals surface area (Å²) in [7, 11) is 0. The van der Waals surface area contributed by atoms with E-state index in [1.165, 1.54) is 12.1 Å². The lowest BCUT2D eigenvalue weighted by molar-refractivity contribution is -0.0290. The number of nitrogens with zero attached hydrogens (tertiary/aromatic N) is 1. The van der Waals surface area contributed by atoms with Crippen LogP contribution in [-0.2, 0) is 4.74 Å². The van der Waals surface area contributed by atoms with Gasteiger partial charge in [-0.1, -0.05) is 12.1 Å². The summed E-state index contributed by atoms with van der Waals surface area (Å²) in [5, 5.41) is 2.46. The highest BCUT2D eigenvalue weighted by Gasteiger charge is 2.36. The van der Waals surface area contributed by atoms with Crippen LogP contribution in [0.3, 0.4) is 0 Å². The molecule has 3 aliphatic heterocycles. The number of fused-ring (bicyclic) bond motifs is 3. The van der Waals surface area contributed by atoms with E-state index in [1.54, 1.807) is 12.1 Å². The Morgan fingerprint density at radius 1 is 1.32 bits per heavy atom. The molecule has 1 amide bonds. The molecule has 0 aromatic heterocycles. The molecule has 1 aromatic rings. The maximum absolute atomic E-state index is 13.4. The minimum atomic E-state index is -0.566. The molecule has 1 atom stereocenters. The molecule has 3 fully saturated rings. The number of amides is 1. The number of piperidine rings is 3. The molecule has 4 nitrogen and oxygen atoms in total. The largest absolute Gasteiger partial charge is 0.444 e. The van der Waals surface area contributed by atoms with Crippen molar-refractivity contribution in [2.24, 2.45) is 5.92 Å². The van der Waals surface area contributed by atoms with Crippen molar-refractivity contribution in [3.05, 3.63) is 30.1 Å². The van der Waals surface area contributed by atoms with Gasteiger partial charge in [-0.15, -0.1) is 0 Å². The topological polar surface area (TPSA) is 41.6 Å². The van der Waals surface area contributed by atoms with E-state index in [0.717, 1.165) is 32.5 Å². The minimum Gasteiger partial charge on any atom is -0.444 e. The van der Waals surface area contributed by atoms with E-state index >= 15 is 0 Å². The number of carbonyl (C=O) groups is 1. The first-order chi connectivity index (χ1) is 9.22. The predicted molar refractivity (Wildman–Crippen MR) is 69.5 cm³/mol. The van der Waals surface area contributed by atoms with Crippen LogP contribution in [0, 0.1) is 11.7 Å². The van der Waals surface area contributed by atoms with Crippen molar-refractivity contribution in [3.8, 4) is 0 Å². The molecule has 1 aromatic carbocycles. The lowest BCUT2D eigenvalue weighted by atomic mass is 9.86. The third kappa shape index (κ3) is 2.71. The van der Waals surface area contributed by atoms with Gasteiger partial charge in [0.1, 0.15) is 11.9 Å². The van der Waals surface area contributed by atoms with E-state index in [0.29, 0.717) is 5.92 Å². The number of ether oxygens (including phenoxy) is 1. The van der Waals surface area contributed by atoms with Gasteiger partial charge in [-0.25, -0.2) is 9.18 Å². The van der Waals surface area contributed by atoms with Crippen LogP contribution in [0.4, 0.5) is 14.9 Å². The number of para-hydroxylation sites is 1. The second kappa shape index (κ2) is 5.17. The predicted octanol–water partition coefficient (Wildman–Crippen LogP) is 2.47. The number of rotatable bonds is 2. The number of hydrogen-bond acceptors (Lipinski definition) is 3. The Balaban J connectivity index is 1.58. The Bertz CT molecular complexity index is 472. The third-order valence-corrected chi connectivity index (χ3v) is 3.97. The van der Waals surface area contributed by atoms with E-state index in [-0.39, 0.29) is 11.8 Å². The summed E-state index contributed by atoms with van der Waals surface area (Å²) in [5.41, 5.74) is 0.161. The Hall–Kier alpha value is -1.62. The smallest absolute Gasteiger partial charge is 0.412 e. The second-order valence-corrected chi connectivity index (χ2v) is 5.19. The molecule has 3 heterocycles. The fourth-order valence-electron chi connectivity index (χ4n) is 2.88. The van der Waals surface area contributed by atoms with Gasteiger partial charge in [0, 0.05) is 6.54 Å². The molecule has 0 saturated carbocycles. The summed E-state index contributed by atoms with van der Waals surface area (Å²) in [5.74, 6) is 0.00438. The van der Waals surface area contributed by atoms with E-state index in [2.05, 4.69) is 10.2 Å². The highest BCUT2D eigenvalue weighted by atomic mass is 19.1. The quantitative estimate of drug-likeness (QED) is 0.892. The maximum Gasteiger partial charge on any atom is 0.412 e. The first-order valence-corrected chi connectivity index (χ1v) is 6.67. The number of benzene rings is 1. The third-order valence-electron chi connectivity index (χ3n) is 3.97. The van der Waals surface area contributed by atoms with Crippen molar-refractivity contribution in [3.63, 3.8) is 0 Å². The Labute approximate surface area is 111 Å². The Kier molecular flexibility index (Phi) is 3.38. The molecule has 0 spiro atoms. The van der Waals surface area contributed by atoms with Gasteiger partial charge in [0.2, 0.25) is 0 Å². The van der Waals surface area contributed by atoms with Crippen molar-refractivity contribution in [1.29, 1.82) is 0 Å². The standard InChI is InChI=1S/C14H17FN2O2/c15-11-3-1-2-4-12(11)16-14(18)19-13-9-17-7-5-10(13)6-8-17/h1-4,10,13H,5-9H2,(H,16,18)/t13-/m0/s1. The molecular weight excluding hydrogens is 247 g/mol. The summed E-state index contributed by atoms with van der Waals surface area (Å²) in [6, 6.07) is 6.09. The van der Waals surface area contributed by atoms with E-state index in [4.69, 9.17) is 4.74 Å². The van der Waals surface area contributed by atoms with Crippen LogP contribution in [0.2, 0.25) is 0 Å². The number of hydrogen-bond donors (Lipinski definition) is 1. The lowest BCUT2D eigenvalue weighted by Crippen LogP contribution is -2.52. The van der Waals surface area contributed by atoms with Crippen molar-refractivity contribution < 1.29 is 13.9 Å². The van der Waals surface area contributed by atoms with E-state index in [1.807, 2.05) is 0 Å². The maximum atomic E-state index is 13.4. The molecule has 2 bridgehead atoms. The van der Waals surface area contributed by atoms with Gasteiger partial charge in [-0.05, 0) is 44.0 Å². The van der Waals surface area contributed by atoms with E-state index in [9.17, 15) is 9.18 Å². The number of halogens is 1. The monoisotopic (exact) mass is 264 g/mol. The molecular formula is C14H17FN2O2. The summed E-state index contributed by atoms with van der Waals surface area (Å²) in [6.07, 6.45) is 1.54. The Morgan fingerprint density at radius 3 is 2.68 bits per heavy atom. The first-order valence-electron chi connectivity index (χ1n) is 6.67. The molecule has 3 aliphatic rings. The van der Waals surface area contributed by atoms with Crippen LogP contribution in [0.5, 0.6) is 0 Å². The molecule has 4 rings (SSSR count). The highest BCUT2D eigenvalue weighted by molar-refractivity contribution is 5.84. The molecule has 102 valence electrons. The highest BCUT2D eigenvalue weighted by Crippen LogP contribution is 2.29. The van der Waals surface area contributed by atoms with Gasteiger partial charge in [0.15, 0.2) is 0 Å². The van der Waals surface area contributed by atoms with Gasteiger partial charge in [0.05, 0.1) is 5.69 Å². The average molecular weight is 264 g/mol. The zero-order valence-corrected chi connectivity index (χ0v) is 10.6. The van der Waals surface area contributed by atoms with Gasteiger partial charge in [-0.3, -0.25) is 10.2 Å². The fraction of sp³-hybridized carbons (Fsp3) is 0.500. The SMILES string of the molecule is O=C(Nc1ccccc1F)O[C@H]1CN2CCC1CC2. The summed E-state index contributed by atoms with van der Waals surface area (Å²) >= 11 is 0. The molecule has 0 aliphatic carbocycles. The molecule has 3 saturated heterocycles. The molecule has 5 heteroatoms. The van der Waals surface area contributed by atoms with Crippen LogP contribution in [-0.4, -0.2) is 36.7 Å². The number of nitrogens with one attached hydrogen (secondary N) is 1. The number of anilines is 1. The van der Waals surface area contributed by atoms with E-state index < -0.39 is 11.9 Å². The molecule has 19 heavy (non-hydrogen) atoms. The fourth-order valence-corrected chi connectivity index (χ4v) is 2.88. The van der Waals surface area contributed by atoms with Crippen molar-refractivity contribution in [2.45, 2.75) is 18.9 Å². The second-order valence-electron chi connectivity index (χ2n) is 5.19. The lowest BCUT2D eigenvalue weighted by Gasteiger charge is -2.43. The molecule has 0 unspecified atom stereocenters. The van der Waals surface area contributed by atoms with Crippen LogP contribution in [0.25, 0.3) is 0 Å². The van der Waals surface area contributed by atoms with Gasteiger partial charge in [-0.2, -0.15) is 0 Å².